The van der Waals surface area contributed by atoms with Crippen LogP contribution < -0.4 is 5.32 Å². The lowest BCUT2D eigenvalue weighted by molar-refractivity contribution is -0.129. The van der Waals surface area contributed by atoms with Gasteiger partial charge in [-0.25, -0.2) is 4.98 Å². The van der Waals surface area contributed by atoms with Crippen molar-refractivity contribution in [3.8, 4) is 0 Å². The van der Waals surface area contributed by atoms with E-state index in [4.69, 9.17) is 0 Å². The number of rotatable bonds is 6. The van der Waals surface area contributed by atoms with Crippen molar-refractivity contribution in [3.63, 3.8) is 0 Å². The van der Waals surface area contributed by atoms with Gasteiger partial charge in [-0.2, -0.15) is 5.10 Å². The number of hydrogen-bond acceptors (Lipinski definition) is 4. The summed E-state index contributed by atoms with van der Waals surface area (Å²) in [6, 6.07) is 1.53. The van der Waals surface area contributed by atoms with Crippen LogP contribution in [0, 0.1) is 5.92 Å². The number of aromatic nitrogens is 4. The Balaban J connectivity index is 1.71. The summed E-state index contributed by atoms with van der Waals surface area (Å²) in [7, 11) is 1.88. The Morgan fingerprint density at radius 1 is 1.38 bits per heavy atom. The molecule has 24 heavy (non-hydrogen) atoms. The molecule has 0 bridgehead atoms. The van der Waals surface area contributed by atoms with Gasteiger partial charge in [-0.15, -0.1) is 0 Å². The number of aryl methyl sites for hydroxylation is 1. The number of carbonyl (C=O) groups excluding carboxylic acids is 2. The van der Waals surface area contributed by atoms with Crippen molar-refractivity contribution in [1.82, 2.24) is 29.5 Å². The summed E-state index contributed by atoms with van der Waals surface area (Å²) in [5.74, 6) is 0.211. The number of hydrogen-bond donors (Lipinski definition) is 1. The van der Waals surface area contributed by atoms with Gasteiger partial charge in [0.1, 0.15) is 11.9 Å². The quantitative estimate of drug-likeness (QED) is 0.828. The van der Waals surface area contributed by atoms with Crippen molar-refractivity contribution in [2.75, 3.05) is 13.1 Å². The second-order valence-electron chi connectivity index (χ2n) is 5.89. The molecule has 1 aliphatic heterocycles. The molecule has 0 saturated carbocycles. The normalized spacial score (nSPS) is 20.6. The predicted molar refractivity (Wildman–Crippen MR) is 86.7 cm³/mol. The van der Waals surface area contributed by atoms with Crippen LogP contribution in [0.4, 0.5) is 0 Å². The molecule has 0 aromatic carbocycles. The van der Waals surface area contributed by atoms with Gasteiger partial charge < -0.3 is 14.8 Å². The Morgan fingerprint density at radius 2 is 2.21 bits per heavy atom. The Bertz CT molecular complexity index is 708. The maximum atomic E-state index is 12.6. The van der Waals surface area contributed by atoms with Gasteiger partial charge in [0.25, 0.3) is 0 Å². The summed E-state index contributed by atoms with van der Waals surface area (Å²) in [5.41, 5.74) is 0. The third-order valence-corrected chi connectivity index (χ3v) is 4.43. The van der Waals surface area contributed by atoms with Crippen LogP contribution in [-0.2, 0) is 23.2 Å². The zero-order valence-corrected chi connectivity index (χ0v) is 13.9. The molecule has 8 nitrogen and oxygen atoms in total. The molecular formula is C16H22N6O2. The van der Waals surface area contributed by atoms with E-state index in [0.717, 1.165) is 5.82 Å². The van der Waals surface area contributed by atoms with Gasteiger partial charge in [0.2, 0.25) is 11.8 Å². The van der Waals surface area contributed by atoms with E-state index >= 15 is 0 Å². The van der Waals surface area contributed by atoms with Crippen molar-refractivity contribution < 1.29 is 9.59 Å². The van der Waals surface area contributed by atoms with E-state index in [2.05, 4.69) is 15.4 Å². The molecule has 2 atom stereocenters. The van der Waals surface area contributed by atoms with E-state index in [0.29, 0.717) is 19.6 Å². The molecule has 1 fully saturated rings. The van der Waals surface area contributed by atoms with E-state index in [1.54, 1.807) is 22.0 Å². The second-order valence-corrected chi connectivity index (χ2v) is 5.89. The van der Waals surface area contributed by atoms with Gasteiger partial charge in [-0.3, -0.25) is 14.3 Å². The Morgan fingerprint density at radius 3 is 2.83 bits per heavy atom. The summed E-state index contributed by atoms with van der Waals surface area (Å²) >= 11 is 0. The highest BCUT2D eigenvalue weighted by Gasteiger charge is 2.45. The Kier molecular flexibility index (Phi) is 4.64. The van der Waals surface area contributed by atoms with Gasteiger partial charge in [-0.05, 0) is 13.0 Å². The highest BCUT2D eigenvalue weighted by atomic mass is 16.2. The number of amides is 2. The smallest absolute Gasteiger partial charge is 0.226 e. The average molecular weight is 330 g/mol. The first-order valence-electron chi connectivity index (χ1n) is 8.13. The molecule has 2 aromatic heterocycles. The SMILES string of the molecule is CCN1C(=O)C[C@H](C(=O)NCCn2cccn2)[C@H]1c1nccn1C. The van der Waals surface area contributed by atoms with Crippen molar-refractivity contribution in [2.24, 2.45) is 13.0 Å². The Labute approximate surface area is 140 Å². The first-order chi connectivity index (χ1) is 11.6. The van der Waals surface area contributed by atoms with Crippen LogP contribution in [0.3, 0.4) is 0 Å². The number of nitrogens with one attached hydrogen (secondary N) is 1. The van der Waals surface area contributed by atoms with Gasteiger partial charge in [-0.1, -0.05) is 0 Å². The predicted octanol–water partition coefficient (Wildman–Crippen LogP) is 0.343. The van der Waals surface area contributed by atoms with Crippen molar-refractivity contribution in [1.29, 1.82) is 0 Å². The fourth-order valence-electron chi connectivity index (χ4n) is 3.24. The summed E-state index contributed by atoms with van der Waals surface area (Å²) < 4.78 is 3.63. The largest absolute Gasteiger partial charge is 0.354 e. The zero-order valence-electron chi connectivity index (χ0n) is 13.9. The third-order valence-electron chi connectivity index (χ3n) is 4.43. The van der Waals surface area contributed by atoms with Crippen LogP contribution in [0.5, 0.6) is 0 Å². The van der Waals surface area contributed by atoms with Crippen molar-refractivity contribution in [2.45, 2.75) is 25.9 Å². The minimum Gasteiger partial charge on any atom is -0.354 e. The van der Waals surface area contributed by atoms with Crippen LogP contribution in [0.25, 0.3) is 0 Å². The van der Waals surface area contributed by atoms with E-state index < -0.39 is 5.92 Å². The lowest BCUT2D eigenvalue weighted by Gasteiger charge is -2.26. The maximum Gasteiger partial charge on any atom is 0.226 e. The molecule has 0 radical (unpaired) electrons. The molecule has 1 saturated heterocycles. The Hall–Kier alpha value is -2.64. The number of carbonyl (C=O) groups is 2. The van der Waals surface area contributed by atoms with E-state index in [-0.39, 0.29) is 24.3 Å². The molecule has 8 heteroatoms. The molecule has 128 valence electrons. The molecule has 0 spiro atoms. The second kappa shape index (κ2) is 6.86. The summed E-state index contributed by atoms with van der Waals surface area (Å²) in [6.07, 6.45) is 7.30. The molecular weight excluding hydrogens is 308 g/mol. The van der Waals surface area contributed by atoms with Crippen LogP contribution >= 0.6 is 0 Å². The maximum absolute atomic E-state index is 12.6. The summed E-state index contributed by atoms with van der Waals surface area (Å²) in [5, 5.41) is 7.03. The van der Waals surface area contributed by atoms with E-state index in [1.165, 1.54) is 0 Å². The number of nitrogens with zero attached hydrogens (tertiary/aromatic N) is 5. The minimum absolute atomic E-state index is 0.00211. The fourth-order valence-corrected chi connectivity index (χ4v) is 3.24. The van der Waals surface area contributed by atoms with Crippen molar-refractivity contribution in [3.05, 3.63) is 36.7 Å². The monoisotopic (exact) mass is 330 g/mol. The lowest BCUT2D eigenvalue weighted by Crippen LogP contribution is -2.37. The molecule has 0 unspecified atom stereocenters. The first kappa shape index (κ1) is 16.2. The molecule has 1 aliphatic rings. The van der Waals surface area contributed by atoms with Gasteiger partial charge in [0, 0.05) is 51.3 Å². The molecule has 3 rings (SSSR count). The standard InChI is InChI=1S/C16H22N6O2/c1-3-22-13(23)11-12(14(22)15-17-6-9-20(15)2)16(24)18-7-10-21-8-4-5-19-21/h4-6,8-9,12,14H,3,7,10-11H2,1-2H3,(H,18,24)/t12-,14-/m0/s1. The molecule has 1 N–H and O–H groups in total. The highest BCUT2D eigenvalue weighted by Crippen LogP contribution is 2.37. The topological polar surface area (TPSA) is 85.1 Å². The van der Waals surface area contributed by atoms with Gasteiger partial charge in [0.15, 0.2) is 0 Å². The average Bonchev–Trinajstić information content (AvgIpc) is 3.27. The van der Waals surface area contributed by atoms with Crippen LogP contribution in [0.2, 0.25) is 0 Å². The lowest BCUT2D eigenvalue weighted by atomic mass is 9.98. The van der Waals surface area contributed by atoms with Crippen molar-refractivity contribution >= 4 is 11.8 Å². The number of imidazole rings is 1. The zero-order chi connectivity index (χ0) is 17.1. The molecule has 2 aromatic rings. The van der Waals surface area contributed by atoms with Crippen LogP contribution in [0.1, 0.15) is 25.2 Å². The van der Waals surface area contributed by atoms with E-state index in [9.17, 15) is 9.59 Å². The molecule has 2 amide bonds. The fraction of sp³-hybridized carbons (Fsp3) is 0.500. The minimum atomic E-state index is -0.420. The molecule has 0 aliphatic carbocycles. The van der Waals surface area contributed by atoms with Crippen LogP contribution in [0.15, 0.2) is 30.9 Å². The molecule has 3 heterocycles. The summed E-state index contributed by atoms with van der Waals surface area (Å²) in [6.45, 7) is 3.56. The highest BCUT2D eigenvalue weighted by molar-refractivity contribution is 5.90. The van der Waals surface area contributed by atoms with Gasteiger partial charge in [0.05, 0.1) is 12.5 Å². The third kappa shape index (κ3) is 3.04. The summed E-state index contributed by atoms with van der Waals surface area (Å²) in [4.78, 5) is 31.0. The van der Waals surface area contributed by atoms with Gasteiger partial charge >= 0.3 is 0 Å². The number of likely N-dealkylation sites (tertiary alicyclic amines) is 1. The van der Waals surface area contributed by atoms with E-state index in [1.807, 2.05) is 37.0 Å². The van der Waals surface area contributed by atoms with Crippen LogP contribution in [-0.4, -0.2) is 49.1 Å². The first-order valence-corrected chi connectivity index (χ1v) is 8.13.